The topological polar surface area (TPSA) is 88.5 Å². The minimum Gasteiger partial charge on any atom is -0.507 e. The number of para-hydroxylation sites is 1. The van der Waals surface area contributed by atoms with Gasteiger partial charge in [0, 0.05) is 11.3 Å². The highest BCUT2D eigenvalue weighted by atomic mass is 32.1. The molecule has 7 heteroatoms. The van der Waals surface area contributed by atoms with E-state index < -0.39 is 18.5 Å². The number of anilines is 1. The number of benzene rings is 3. The molecule has 0 unspecified atom stereocenters. The van der Waals surface area contributed by atoms with Gasteiger partial charge in [-0.15, -0.1) is 11.3 Å². The van der Waals surface area contributed by atoms with Crippen LogP contribution in [0, 0.1) is 6.92 Å². The van der Waals surface area contributed by atoms with Crippen LogP contribution in [0.1, 0.15) is 15.9 Å². The van der Waals surface area contributed by atoms with Crippen molar-refractivity contribution in [3.63, 3.8) is 0 Å². The summed E-state index contributed by atoms with van der Waals surface area (Å²) in [5, 5.41) is 13.2. The maximum atomic E-state index is 12.1. The Morgan fingerprint density at radius 1 is 1.07 bits per heavy atom. The normalized spacial score (nSPS) is 10.7. The van der Waals surface area contributed by atoms with E-state index >= 15 is 0 Å². The second-order valence-electron chi connectivity index (χ2n) is 6.71. The van der Waals surface area contributed by atoms with Crippen molar-refractivity contribution in [1.82, 2.24) is 4.98 Å². The van der Waals surface area contributed by atoms with Gasteiger partial charge in [-0.3, -0.25) is 4.79 Å². The molecule has 0 radical (unpaired) electrons. The minimum absolute atomic E-state index is 0.0145. The number of aromatic nitrogens is 1. The van der Waals surface area contributed by atoms with E-state index in [1.807, 2.05) is 24.3 Å². The number of hydrogen-bond acceptors (Lipinski definition) is 6. The monoisotopic (exact) mass is 418 g/mol. The first-order chi connectivity index (χ1) is 14.5. The molecule has 0 aliphatic heterocycles. The molecule has 2 N–H and O–H groups in total. The van der Waals surface area contributed by atoms with E-state index in [-0.39, 0.29) is 11.3 Å². The number of ether oxygens (including phenoxy) is 1. The van der Waals surface area contributed by atoms with E-state index in [4.69, 9.17) is 4.74 Å². The molecule has 0 bridgehead atoms. The molecule has 150 valence electrons. The van der Waals surface area contributed by atoms with Crippen molar-refractivity contribution in [3.8, 4) is 16.3 Å². The number of hydrogen-bond donors (Lipinski definition) is 2. The van der Waals surface area contributed by atoms with Gasteiger partial charge in [0.15, 0.2) is 6.61 Å². The van der Waals surface area contributed by atoms with Crippen molar-refractivity contribution in [1.29, 1.82) is 0 Å². The molecule has 0 spiro atoms. The van der Waals surface area contributed by atoms with E-state index in [9.17, 15) is 14.7 Å². The van der Waals surface area contributed by atoms with E-state index in [0.29, 0.717) is 5.69 Å². The molecule has 0 atom stereocenters. The largest absolute Gasteiger partial charge is 0.507 e. The second kappa shape index (κ2) is 8.34. The van der Waals surface area contributed by atoms with Crippen LogP contribution >= 0.6 is 11.3 Å². The summed E-state index contributed by atoms with van der Waals surface area (Å²) in [4.78, 5) is 28.7. The van der Waals surface area contributed by atoms with Crippen molar-refractivity contribution in [3.05, 3.63) is 77.9 Å². The zero-order valence-electron chi connectivity index (χ0n) is 16.1. The number of nitrogens with zero attached hydrogens (tertiary/aromatic N) is 1. The zero-order valence-corrected chi connectivity index (χ0v) is 16.9. The van der Waals surface area contributed by atoms with E-state index in [0.717, 1.165) is 20.8 Å². The van der Waals surface area contributed by atoms with Gasteiger partial charge in [0.2, 0.25) is 0 Å². The van der Waals surface area contributed by atoms with Crippen LogP contribution in [0.3, 0.4) is 0 Å². The average Bonchev–Trinajstić information content (AvgIpc) is 3.16. The highest BCUT2D eigenvalue weighted by Gasteiger charge is 2.14. The lowest BCUT2D eigenvalue weighted by Gasteiger charge is -2.08. The smallest absolute Gasteiger partial charge is 0.342 e. The molecule has 1 heterocycles. The Morgan fingerprint density at radius 3 is 2.60 bits per heavy atom. The first-order valence-electron chi connectivity index (χ1n) is 9.22. The maximum absolute atomic E-state index is 12.1. The highest BCUT2D eigenvalue weighted by molar-refractivity contribution is 7.21. The van der Waals surface area contributed by atoms with Gasteiger partial charge in [-0.05, 0) is 61.0 Å². The number of rotatable bonds is 5. The third-order valence-electron chi connectivity index (χ3n) is 4.42. The Kier molecular flexibility index (Phi) is 5.45. The standard InChI is InChI=1S/C23H18N2O4S/c1-14-6-11-18-20(12-14)30-22(25-18)15-7-9-16(10-8-15)24-21(27)13-29-23(28)17-4-2-3-5-19(17)26/h2-12,26H,13H2,1H3,(H,24,27). The molecule has 1 amide bonds. The van der Waals surface area contributed by atoms with Crippen molar-refractivity contribution >= 4 is 39.1 Å². The molecular formula is C23H18N2O4S. The lowest BCUT2D eigenvalue weighted by atomic mass is 10.2. The maximum Gasteiger partial charge on any atom is 0.342 e. The molecule has 0 saturated carbocycles. The summed E-state index contributed by atoms with van der Waals surface area (Å²) in [7, 11) is 0. The molecule has 4 rings (SSSR count). The number of nitrogens with one attached hydrogen (secondary N) is 1. The van der Waals surface area contributed by atoms with Crippen LogP contribution in [0.15, 0.2) is 66.7 Å². The van der Waals surface area contributed by atoms with Crippen LogP contribution in [0.4, 0.5) is 5.69 Å². The SMILES string of the molecule is Cc1ccc2nc(-c3ccc(NC(=O)COC(=O)c4ccccc4O)cc3)sc2c1. The fourth-order valence-electron chi connectivity index (χ4n) is 2.90. The average molecular weight is 418 g/mol. The van der Waals surface area contributed by atoms with Crippen molar-refractivity contribution in [2.75, 3.05) is 11.9 Å². The summed E-state index contributed by atoms with van der Waals surface area (Å²) in [5.74, 6) is -1.42. The van der Waals surface area contributed by atoms with Gasteiger partial charge in [-0.25, -0.2) is 9.78 Å². The number of aryl methyl sites for hydroxylation is 1. The molecule has 4 aromatic rings. The first kappa shape index (κ1) is 19.6. The Labute approximate surface area is 176 Å². The lowest BCUT2D eigenvalue weighted by Crippen LogP contribution is -2.20. The summed E-state index contributed by atoms with van der Waals surface area (Å²) < 4.78 is 6.09. The summed E-state index contributed by atoms with van der Waals surface area (Å²) in [6.45, 7) is 1.60. The van der Waals surface area contributed by atoms with E-state index in [2.05, 4.69) is 23.3 Å². The van der Waals surface area contributed by atoms with Gasteiger partial charge in [0.05, 0.1) is 10.2 Å². The van der Waals surface area contributed by atoms with Gasteiger partial charge in [0.1, 0.15) is 16.3 Å². The number of aromatic hydroxyl groups is 1. The number of amides is 1. The number of carbonyl (C=O) groups is 2. The van der Waals surface area contributed by atoms with Crippen LogP contribution in [-0.2, 0) is 9.53 Å². The number of phenols is 1. The molecule has 0 aliphatic rings. The molecule has 1 aromatic heterocycles. The molecule has 30 heavy (non-hydrogen) atoms. The van der Waals surface area contributed by atoms with Gasteiger partial charge >= 0.3 is 5.97 Å². The third-order valence-corrected chi connectivity index (χ3v) is 5.49. The van der Waals surface area contributed by atoms with Crippen molar-refractivity contribution in [2.45, 2.75) is 6.92 Å². The van der Waals surface area contributed by atoms with Crippen LogP contribution in [0.5, 0.6) is 5.75 Å². The Balaban J connectivity index is 1.37. The minimum atomic E-state index is -0.760. The van der Waals surface area contributed by atoms with Crippen LogP contribution in [-0.4, -0.2) is 28.6 Å². The van der Waals surface area contributed by atoms with Gasteiger partial charge in [0.25, 0.3) is 5.91 Å². The predicted octanol–water partition coefficient (Wildman–Crippen LogP) is 4.77. The lowest BCUT2D eigenvalue weighted by molar-refractivity contribution is -0.119. The van der Waals surface area contributed by atoms with Crippen LogP contribution < -0.4 is 5.32 Å². The fourth-order valence-corrected chi connectivity index (χ4v) is 3.97. The zero-order chi connectivity index (χ0) is 21.1. The Hall–Kier alpha value is -3.71. The highest BCUT2D eigenvalue weighted by Crippen LogP contribution is 2.31. The quantitative estimate of drug-likeness (QED) is 0.456. The molecular weight excluding hydrogens is 400 g/mol. The molecule has 6 nitrogen and oxygen atoms in total. The number of esters is 1. The summed E-state index contributed by atoms with van der Waals surface area (Å²) in [5.41, 5.74) is 3.71. The summed E-state index contributed by atoms with van der Waals surface area (Å²) in [6.07, 6.45) is 0. The summed E-state index contributed by atoms with van der Waals surface area (Å²) in [6, 6.07) is 19.5. The molecule has 0 fully saturated rings. The fraction of sp³-hybridized carbons (Fsp3) is 0.0870. The van der Waals surface area contributed by atoms with Gasteiger partial charge in [-0.1, -0.05) is 18.2 Å². The van der Waals surface area contributed by atoms with Gasteiger partial charge < -0.3 is 15.2 Å². The molecule has 0 aliphatic carbocycles. The van der Waals surface area contributed by atoms with Crippen molar-refractivity contribution in [2.24, 2.45) is 0 Å². The van der Waals surface area contributed by atoms with E-state index in [1.165, 1.54) is 17.7 Å². The number of carbonyl (C=O) groups excluding carboxylic acids is 2. The predicted molar refractivity (Wildman–Crippen MR) is 117 cm³/mol. The Morgan fingerprint density at radius 2 is 1.83 bits per heavy atom. The van der Waals surface area contributed by atoms with Crippen LogP contribution in [0.25, 0.3) is 20.8 Å². The Bertz CT molecular complexity index is 1230. The van der Waals surface area contributed by atoms with Crippen molar-refractivity contribution < 1.29 is 19.4 Å². The second-order valence-corrected chi connectivity index (χ2v) is 7.74. The van der Waals surface area contributed by atoms with Crippen LogP contribution in [0.2, 0.25) is 0 Å². The number of phenolic OH excluding ortho intramolecular Hbond substituents is 1. The number of fused-ring (bicyclic) bond motifs is 1. The third kappa shape index (κ3) is 4.31. The molecule has 3 aromatic carbocycles. The molecule has 0 saturated heterocycles. The first-order valence-corrected chi connectivity index (χ1v) is 10.0. The summed E-state index contributed by atoms with van der Waals surface area (Å²) >= 11 is 1.62. The number of thiazole rings is 1. The van der Waals surface area contributed by atoms with Gasteiger partial charge in [-0.2, -0.15) is 0 Å². The van der Waals surface area contributed by atoms with E-state index in [1.54, 1.807) is 35.6 Å².